The summed E-state index contributed by atoms with van der Waals surface area (Å²) in [7, 11) is 0. The summed E-state index contributed by atoms with van der Waals surface area (Å²) < 4.78 is 10.5. The van der Waals surface area contributed by atoms with Crippen LogP contribution in [0.2, 0.25) is 0 Å². The highest BCUT2D eigenvalue weighted by atomic mass is 16.7. The zero-order chi connectivity index (χ0) is 8.91. The lowest BCUT2D eigenvalue weighted by atomic mass is 10.2. The van der Waals surface area contributed by atoms with Gasteiger partial charge in [-0.1, -0.05) is 5.92 Å². The minimum atomic E-state index is -0.231. The molecule has 0 bridgehead atoms. The van der Waals surface area contributed by atoms with Crippen LogP contribution in [0.15, 0.2) is 0 Å². The molecule has 0 spiro atoms. The van der Waals surface area contributed by atoms with E-state index in [0.717, 1.165) is 0 Å². The van der Waals surface area contributed by atoms with Crippen LogP contribution >= 0.6 is 0 Å². The zero-order valence-electron chi connectivity index (χ0n) is 7.68. The Morgan fingerprint density at radius 1 is 1.45 bits per heavy atom. The summed E-state index contributed by atoms with van der Waals surface area (Å²) in [6, 6.07) is 0. The second-order valence-electron chi connectivity index (χ2n) is 3.31. The van der Waals surface area contributed by atoms with Crippen molar-refractivity contribution in [1.29, 1.82) is 0 Å². The van der Waals surface area contributed by atoms with E-state index in [1.807, 2.05) is 27.7 Å². The van der Waals surface area contributed by atoms with E-state index in [0.29, 0.717) is 6.61 Å². The Labute approximate surface area is 68.9 Å². The van der Waals surface area contributed by atoms with E-state index in [1.54, 1.807) is 0 Å². The van der Waals surface area contributed by atoms with Gasteiger partial charge in [0.15, 0.2) is 6.29 Å². The molecule has 0 aromatic rings. The molecule has 0 amide bonds. The van der Waals surface area contributed by atoms with E-state index in [-0.39, 0.29) is 11.9 Å². The van der Waals surface area contributed by atoms with Crippen LogP contribution in [0.25, 0.3) is 0 Å². The Balaban J connectivity index is 3.54. The van der Waals surface area contributed by atoms with Gasteiger partial charge in [0.05, 0.1) is 5.60 Å². The van der Waals surface area contributed by atoms with Crippen LogP contribution in [0.5, 0.6) is 0 Å². The number of hydrogen-bond acceptors (Lipinski definition) is 2. The molecular formula is C9H16O2. The van der Waals surface area contributed by atoms with Crippen molar-refractivity contribution in [3.8, 4) is 12.3 Å². The van der Waals surface area contributed by atoms with Crippen molar-refractivity contribution in [2.75, 3.05) is 6.61 Å². The largest absolute Gasteiger partial charge is 0.347 e. The maximum Gasteiger partial charge on any atom is 0.156 e. The lowest BCUT2D eigenvalue weighted by Crippen LogP contribution is -2.27. The molecule has 1 unspecified atom stereocenters. The molecule has 0 saturated heterocycles. The summed E-state index contributed by atoms with van der Waals surface area (Å²) in [4.78, 5) is 0. The normalized spacial score (nSPS) is 14.1. The van der Waals surface area contributed by atoms with E-state index >= 15 is 0 Å². The van der Waals surface area contributed by atoms with Crippen molar-refractivity contribution in [1.82, 2.24) is 0 Å². The SMILES string of the molecule is C#CCOC(C)OC(C)(C)C. The number of rotatable bonds is 3. The monoisotopic (exact) mass is 156 g/mol. The Morgan fingerprint density at radius 2 is 2.00 bits per heavy atom. The summed E-state index contributed by atoms with van der Waals surface area (Å²) in [6.45, 7) is 8.06. The second kappa shape index (κ2) is 4.38. The maximum atomic E-state index is 5.42. The number of hydrogen-bond donors (Lipinski definition) is 0. The highest BCUT2D eigenvalue weighted by Gasteiger charge is 2.14. The molecule has 11 heavy (non-hydrogen) atoms. The van der Waals surface area contributed by atoms with Gasteiger partial charge in [-0.2, -0.15) is 0 Å². The fourth-order valence-electron chi connectivity index (χ4n) is 0.697. The van der Waals surface area contributed by atoms with Crippen LogP contribution in [0.3, 0.4) is 0 Å². The molecular weight excluding hydrogens is 140 g/mol. The quantitative estimate of drug-likeness (QED) is 0.458. The molecule has 2 nitrogen and oxygen atoms in total. The van der Waals surface area contributed by atoms with Gasteiger partial charge in [0.2, 0.25) is 0 Å². The molecule has 0 radical (unpaired) electrons. The molecule has 0 heterocycles. The van der Waals surface area contributed by atoms with E-state index in [9.17, 15) is 0 Å². The van der Waals surface area contributed by atoms with Gasteiger partial charge in [-0.15, -0.1) is 6.42 Å². The van der Waals surface area contributed by atoms with Gasteiger partial charge in [-0.3, -0.25) is 0 Å². The molecule has 64 valence electrons. The molecule has 0 saturated carbocycles. The fraction of sp³-hybridized carbons (Fsp3) is 0.778. The van der Waals surface area contributed by atoms with Crippen molar-refractivity contribution in [2.24, 2.45) is 0 Å². The highest BCUT2D eigenvalue weighted by molar-refractivity contribution is 4.82. The summed E-state index contributed by atoms with van der Waals surface area (Å²) in [6.07, 6.45) is 4.78. The van der Waals surface area contributed by atoms with Crippen LogP contribution in [-0.4, -0.2) is 18.5 Å². The first-order chi connectivity index (χ1) is 4.95. The van der Waals surface area contributed by atoms with Gasteiger partial charge >= 0.3 is 0 Å². The highest BCUT2D eigenvalue weighted by Crippen LogP contribution is 2.10. The third-order valence-electron chi connectivity index (χ3n) is 0.921. The predicted octanol–water partition coefficient (Wildman–Crippen LogP) is 1.80. The van der Waals surface area contributed by atoms with Gasteiger partial charge in [0.25, 0.3) is 0 Å². The second-order valence-corrected chi connectivity index (χ2v) is 3.31. The lowest BCUT2D eigenvalue weighted by molar-refractivity contribution is -0.178. The van der Waals surface area contributed by atoms with Gasteiger partial charge in [-0.25, -0.2) is 0 Å². The van der Waals surface area contributed by atoms with Crippen LogP contribution in [0.4, 0.5) is 0 Å². The van der Waals surface area contributed by atoms with Crippen LogP contribution < -0.4 is 0 Å². The van der Waals surface area contributed by atoms with E-state index in [1.165, 1.54) is 0 Å². The summed E-state index contributed by atoms with van der Waals surface area (Å²) in [5, 5.41) is 0. The van der Waals surface area contributed by atoms with Crippen molar-refractivity contribution < 1.29 is 9.47 Å². The van der Waals surface area contributed by atoms with Gasteiger partial charge < -0.3 is 9.47 Å². The summed E-state index contributed by atoms with van der Waals surface area (Å²) >= 11 is 0. The molecule has 1 atom stereocenters. The van der Waals surface area contributed by atoms with Gasteiger partial charge in [0.1, 0.15) is 6.61 Å². The lowest BCUT2D eigenvalue weighted by Gasteiger charge is -2.24. The van der Waals surface area contributed by atoms with Crippen LogP contribution in [-0.2, 0) is 9.47 Å². The topological polar surface area (TPSA) is 18.5 Å². The van der Waals surface area contributed by atoms with E-state index < -0.39 is 0 Å². The first-order valence-corrected chi connectivity index (χ1v) is 3.68. The number of terminal acetylenes is 1. The zero-order valence-corrected chi connectivity index (χ0v) is 7.68. The minimum Gasteiger partial charge on any atom is -0.347 e. The first kappa shape index (κ1) is 10.5. The van der Waals surface area contributed by atoms with E-state index in [4.69, 9.17) is 15.9 Å². The van der Waals surface area contributed by atoms with Crippen molar-refractivity contribution in [3.05, 3.63) is 0 Å². The Hall–Kier alpha value is -0.520. The molecule has 0 aliphatic rings. The molecule has 0 N–H and O–H groups in total. The van der Waals surface area contributed by atoms with Crippen molar-refractivity contribution in [3.63, 3.8) is 0 Å². The molecule has 2 heteroatoms. The summed E-state index contributed by atoms with van der Waals surface area (Å²) in [5.74, 6) is 2.38. The van der Waals surface area contributed by atoms with Crippen LogP contribution in [0, 0.1) is 12.3 Å². The van der Waals surface area contributed by atoms with Crippen molar-refractivity contribution >= 4 is 0 Å². The molecule has 0 aromatic carbocycles. The first-order valence-electron chi connectivity index (χ1n) is 3.68. The molecule has 0 aromatic heterocycles. The van der Waals surface area contributed by atoms with Gasteiger partial charge in [0, 0.05) is 0 Å². The molecule has 0 rings (SSSR count). The standard InChI is InChI=1S/C9H16O2/c1-6-7-10-8(2)11-9(3,4)5/h1,8H,7H2,2-5H3. The third kappa shape index (κ3) is 7.38. The smallest absolute Gasteiger partial charge is 0.156 e. The van der Waals surface area contributed by atoms with Crippen LogP contribution in [0.1, 0.15) is 27.7 Å². The Kier molecular flexibility index (Phi) is 4.17. The summed E-state index contributed by atoms with van der Waals surface area (Å²) in [5.41, 5.74) is -0.173. The number of ether oxygens (including phenoxy) is 2. The van der Waals surface area contributed by atoms with Gasteiger partial charge in [-0.05, 0) is 27.7 Å². The molecule has 0 aliphatic heterocycles. The van der Waals surface area contributed by atoms with Crippen molar-refractivity contribution in [2.45, 2.75) is 39.6 Å². The maximum absolute atomic E-state index is 5.42. The Bertz CT molecular complexity index is 139. The Morgan fingerprint density at radius 3 is 2.36 bits per heavy atom. The molecule has 0 aliphatic carbocycles. The third-order valence-corrected chi connectivity index (χ3v) is 0.921. The molecule has 0 fully saturated rings. The minimum absolute atomic E-state index is 0.173. The predicted molar refractivity (Wildman–Crippen MR) is 45.1 cm³/mol. The van der Waals surface area contributed by atoms with E-state index in [2.05, 4.69) is 5.92 Å². The average molecular weight is 156 g/mol. The average Bonchev–Trinajstić information content (AvgIpc) is 1.79. The fourth-order valence-corrected chi connectivity index (χ4v) is 0.697.